The minimum atomic E-state index is -4.48. The third kappa shape index (κ3) is 4.50. The fourth-order valence-electron chi connectivity index (χ4n) is 5.38. The minimum Gasteiger partial charge on any atom is -0.489 e. The minimum absolute atomic E-state index is 0.0621. The van der Waals surface area contributed by atoms with Crippen LogP contribution in [0.1, 0.15) is 29.9 Å². The van der Waals surface area contributed by atoms with Crippen LogP contribution in [0.2, 0.25) is 0 Å². The lowest BCUT2D eigenvalue weighted by molar-refractivity contribution is -0.137. The quantitative estimate of drug-likeness (QED) is 0.506. The van der Waals surface area contributed by atoms with Crippen molar-refractivity contribution in [2.24, 2.45) is 0 Å². The highest BCUT2D eigenvalue weighted by molar-refractivity contribution is 5.94. The lowest BCUT2D eigenvalue weighted by atomic mass is 10.0. The summed E-state index contributed by atoms with van der Waals surface area (Å²) in [6.07, 6.45) is -4.48. The first-order valence-corrected chi connectivity index (χ1v) is 12.4. The Hall–Kier alpha value is -3.31. The van der Waals surface area contributed by atoms with Crippen molar-refractivity contribution >= 4 is 28.1 Å². The molecule has 3 aliphatic rings. The van der Waals surface area contributed by atoms with Crippen molar-refractivity contribution in [3.05, 3.63) is 47.3 Å². The van der Waals surface area contributed by atoms with Crippen molar-refractivity contribution in [1.82, 2.24) is 14.9 Å². The smallest absolute Gasteiger partial charge is 0.416 e. The van der Waals surface area contributed by atoms with E-state index in [1.54, 1.807) is 19.9 Å². The van der Waals surface area contributed by atoms with E-state index in [-0.39, 0.29) is 11.7 Å². The zero-order valence-electron chi connectivity index (χ0n) is 20.7. The highest BCUT2D eigenvalue weighted by atomic mass is 19.4. The lowest BCUT2D eigenvalue weighted by Crippen LogP contribution is -2.62. The van der Waals surface area contributed by atoms with E-state index in [4.69, 9.17) is 15.2 Å². The van der Waals surface area contributed by atoms with E-state index < -0.39 is 17.8 Å². The Kier molecular flexibility index (Phi) is 5.79. The summed E-state index contributed by atoms with van der Waals surface area (Å²) in [5, 5.41) is 4.10. The molecule has 0 bridgehead atoms. The molecule has 11 heteroatoms. The molecule has 0 unspecified atom stereocenters. The topological polar surface area (TPSA) is 88.8 Å². The highest BCUT2D eigenvalue weighted by Crippen LogP contribution is 2.41. The maximum Gasteiger partial charge on any atom is 0.416 e. The number of piperazine rings is 1. The first-order valence-electron chi connectivity index (χ1n) is 12.4. The van der Waals surface area contributed by atoms with Gasteiger partial charge in [-0.15, -0.1) is 0 Å². The van der Waals surface area contributed by atoms with Gasteiger partial charge < -0.3 is 25.4 Å². The highest BCUT2D eigenvalue weighted by Gasteiger charge is 2.37. The van der Waals surface area contributed by atoms with Crippen LogP contribution in [0, 0.1) is 6.92 Å². The number of alkyl halides is 3. The Balaban J connectivity index is 1.32. The van der Waals surface area contributed by atoms with E-state index in [0.717, 1.165) is 61.8 Å². The molecule has 0 aliphatic carbocycles. The molecule has 0 saturated carbocycles. The average Bonchev–Trinajstić information content (AvgIpc) is 2.80. The van der Waals surface area contributed by atoms with Crippen LogP contribution >= 0.6 is 0 Å². The average molecular weight is 515 g/mol. The number of fused-ring (bicyclic) bond motifs is 4. The van der Waals surface area contributed by atoms with Gasteiger partial charge in [0.15, 0.2) is 0 Å². The van der Waals surface area contributed by atoms with Crippen LogP contribution in [0.5, 0.6) is 5.75 Å². The molecule has 3 aliphatic heterocycles. The van der Waals surface area contributed by atoms with Gasteiger partial charge in [-0.2, -0.15) is 13.2 Å². The predicted octanol–water partition coefficient (Wildman–Crippen LogP) is 3.99. The summed E-state index contributed by atoms with van der Waals surface area (Å²) in [6.45, 7) is 8.49. The zero-order valence-corrected chi connectivity index (χ0v) is 20.7. The van der Waals surface area contributed by atoms with Gasteiger partial charge in [-0.05, 0) is 43.7 Å². The van der Waals surface area contributed by atoms with Crippen LogP contribution in [0.4, 0.5) is 30.4 Å². The summed E-state index contributed by atoms with van der Waals surface area (Å²) in [7, 11) is 0. The van der Waals surface area contributed by atoms with Gasteiger partial charge in [0.25, 0.3) is 0 Å². The van der Waals surface area contributed by atoms with Crippen molar-refractivity contribution in [2.75, 3.05) is 55.4 Å². The Labute approximate surface area is 212 Å². The van der Waals surface area contributed by atoms with Crippen LogP contribution < -0.4 is 20.7 Å². The third-order valence-corrected chi connectivity index (χ3v) is 7.44. The maximum absolute atomic E-state index is 13.4. The number of anilines is 3. The number of ether oxygens (including phenoxy) is 2. The van der Waals surface area contributed by atoms with Crippen molar-refractivity contribution in [2.45, 2.75) is 38.1 Å². The molecular formula is C26H29F3N6O2. The van der Waals surface area contributed by atoms with E-state index in [1.165, 1.54) is 0 Å². The number of halogens is 3. The molecule has 4 heterocycles. The second-order valence-corrected chi connectivity index (χ2v) is 10.1. The Bertz CT molecular complexity index is 1350. The molecule has 6 rings (SSSR count). The van der Waals surface area contributed by atoms with Gasteiger partial charge in [0.1, 0.15) is 24.0 Å². The van der Waals surface area contributed by atoms with Crippen molar-refractivity contribution in [3.63, 3.8) is 0 Å². The van der Waals surface area contributed by atoms with Gasteiger partial charge >= 0.3 is 6.18 Å². The Morgan fingerprint density at radius 3 is 2.59 bits per heavy atom. The van der Waals surface area contributed by atoms with Gasteiger partial charge in [0.2, 0.25) is 0 Å². The van der Waals surface area contributed by atoms with Crippen LogP contribution in [-0.2, 0) is 10.9 Å². The van der Waals surface area contributed by atoms with Gasteiger partial charge in [-0.1, -0.05) is 0 Å². The number of hydrogen-bond donors (Lipinski definition) is 2. The summed E-state index contributed by atoms with van der Waals surface area (Å²) in [6, 6.07) is 7.82. The van der Waals surface area contributed by atoms with E-state index in [0.29, 0.717) is 35.4 Å². The largest absolute Gasteiger partial charge is 0.489 e. The molecule has 2 saturated heterocycles. The maximum atomic E-state index is 13.4. The normalized spacial score (nSPS) is 21.1. The molecule has 3 N–H and O–H groups in total. The molecular weight excluding hydrogens is 485 g/mol. The van der Waals surface area contributed by atoms with Gasteiger partial charge in [-0.25, -0.2) is 9.97 Å². The first kappa shape index (κ1) is 24.1. The lowest BCUT2D eigenvalue weighted by Gasteiger charge is -2.49. The molecule has 2 fully saturated rings. The second kappa shape index (κ2) is 8.91. The standard InChI is InChI=1S/C26H29F3N6O2/c1-14(16-5-17(26(27,28)29)7-18(30)6-16)31-25-21-8-23-24(9-22(21)32-15(2)33-25)37-13-19-10-34(3-4-35(19)23)20-11-36-12-20/h5-9,14,19-20H,3-4,10-13,30H2,1-2H3,(H,31,32,33)/t14-,19+/m1/s1. The Morgan fingerprint density at radius 1 is 1.05 bits per heavy atom. The van der Waals surface area contributed by atoms with Crippen LogP contribution in [0.3, 0.4) is 0 Å². The van der Waals surface area contributed by atoms with Crippen molar-refractivity contribution in [1.29, 1.82) is 0 Å². The second-order valence-electron chi connectivity index (χ2n) is 10.1. The number of aryl methyl sites for hydroxylation is 1. The summed E-state index contributed by atoms with van der Waals surface area (Å²) >= 11 is 0. The number of nitrogens with two attached hydrogens (primary N) is 1. The van der Waals surface area contributed by atoms with E-state index in [1.807, 2.05) is 12.1 Å². The number of nitrogens with zero attached hydrogens (tertiary/aromatic N) is 4. The van der Waals surface area contributed by atoms with Crippen molar-refractivity contribution < 1.29 is 22.6 Å². The molecule has 2 atom stereocenters. The third-order valence-electron chi connectivity index (χ3n) is 7.44. The number of rotatable bonds is 4. The van der Waals surface area contributed by atoms with Crippen LogP contribution in [0.25, 0.3) is 10.9 Å². The van der Waals surface area contributed by atoms with E-state index in [2.05, 4.69) is 25.1 Å². The fourth-order valence-corrected chi connectivity index (χ4v) is 5.38. The molecule has 0 spiro atoms. The number of hydrogen-bond acceptors (Lipinski definition) is 8. The summed E-state index contributed by atoms with van der Waals surface area (Å²) < 4.78 is 51.6. The fraction of sp³-hybridized carbons (Fsp3) is 0.462. The SMILES string of the molecule is Cc1nc(N[C@H](C)c2cc(N)cc(C(F)(F)F)c2)c2cc3c(cc2n1)OC[C@@H]1CN(C2COC2)CCN31. The summed E-state index contributed by atoms with van der Waals surface area (Å²) in [5.74, 6) is 1.89. The van der Waals surface area contributed by atoms with Gasteiger partial charge in [0.05, 0.1) is 48.1 Å². The zero-order chi connectivity index (χ0) is 25.9. The summed E-state index contributed by atoms with van der Waals surface area (Å²) in [5.41, 5.74) is 7.21. The Morgan fingerprint density at radius 2 is 1.86 bits per heavy atom. The molecule has 0 radical (unpaired) electrons. The van der Waals surface area contributed by atoms with E-state index in [9.17, 15) is 13.2 Å². The summed E-state index contributed by atoms with van der Waals surface area (Å²) in [4.78, 5) is 14.1. The van der Waals surface area contributed by atoms with Crippen LogP contribution in [-0.4, -0.2) is 66.4 Å². The number of nitrogens with one attached hydrogen (secondary N) is 1. The van der Waals surface area contributed by atoms with E-state index >= 15 is 0 Å². The monoisotopic (exact) mass is 514 g/mol. The molecule has 3 aromatic rings. The molecule has 1 aromatic heterocycles. The van der Waals surface area contributed by atoms with Gasteiger partial charge in [-0.3, -0.25) is 4.90 Å². The molecule has 8 nitrogen and oxygen atoms in total. The molecule has 2 aromatic carbocycles. The number of benzene rings is 2. The molecule has 0 amide bonds. The number of nitrogen functional groups attached to an aromatic ring is 1. The van der Waals surface area contributed by atoms with Crippen molar-refractivity contribution in [3.8, 4) is 5.75 Å². The molecule has 196 valence electrons. The molecule has 37 heavy (non-hydrogen) atoms. The predicted molar refractivity (Wildman–Crippen MR) is 135 cm³/mol. The number of aromatic nitrogens is 2. The van der Waals surface area contributed by atoms with Crippen LogP contribution in [0.15, 0.2) is 30.3 Å². The first-order chi connectivity index (χ1) is 17.7. The van der Waals surface area contributed by atoms with Gasteiger partial charge in [0, 0.05) is 36.8 Å².